The molecule has 4 rings (SSSR count). The first-order valence-electron chi connectivity index (χ1n) is 9.56. The first-order valence-corrected chi connectivity index (χ1v) is 9.56. The summed E-state index contributed by atoms with van der Waals surface area (Å²) in [6.07, 6.45) is 2.84. The van der Waals surface area contributed by atoms with E-state index in [4.69, 9.17) is 4.98 Å². The molecule has 0 unspecified atom stereocenters. The van der Waals surface area contributed by atoms with E-state index in [-0.39, 0.29) is 5.91 Å². The van der Waals surface area contributed by atoms with Crippen molar-refractivity contribution in [2.24, 2.45) is 0 Å². The lowest BCUT2D eigenvalue weighted by Gasteiger charge is -2.31. The van der Waals surface area contributed by atoms with Gasteiger partial charge in [0.25, 0.3) is 5.91 Å². The van der Waals surface area contributed by atoms with E-state index in [2.05, 4.69) is 32.7 Å². The Morgan fingerprint density at radius 2 is 2.11 bits per heavy atom. The van der Waals surface area contributed by atoms with E-state index in [0.29, 0.717) is 6.54 Å². The number of aryl methyl sites for hydroxylation is 2. The van der Waals surface area contributed by atoms with Crippen LogP contribution in [-0.2, 0) is 19.5 Å². The molecule has 7 heteroatoms. The van der Waals surface area contributed by atoms with Crippen molar-refractivity contribution in [3.63, 3.8) is 0 Å². The number of fused-ring (bicyclic) bond motifs is 1. The van der Waals surface area contributed by atoms with Gasteiger partial charge in [-0.1, -0.05) is 17.3 Å². The summed E-state index contributed by atoms with van der Waals surface area (Å²) in [4.78, 5) is 19.3. The molecule has 3 aromatic rings. The molecule has 1 amide bonds. The number of nitrogens with one attached hydrogen (secondary N) is 1. The highest BCUT2D eigenvalue weighted by Gasteiger charge is 2.23. The fraction of sp³-hybridized carbons (Fsp3) is 0.333. The number of amides is 1. The summed E-state index contributed by atoms with van der Waals surface area (Å²) in [5, 5.41) is 11.1. The molecule has 28 heavy (non-hydrogen) atoms. The van der Waals surface area contributed by atoms with Crippen molar-refractivity contribution in [2.75, 3.05) is 18.5 Å². The Morgan fingerprint density at radius 1 is 1.25 bits per heavy atom. The van der Waals surface area contributed by atoms with Crippen molar-refractivity contribution in [3.8, 4) is 11.3 Å². The van der Waals surface area contributed by atoms with E-state index in [1.807, 2.05) is 42.9 Å². The van der Waals surface area contributed by atoms with E-state index in [9.17, 15) is 4.79 Å². The number of nitrogens with zero attached hydrogens (tertiary/aromatic N) is 5. The molecule has 1 aromatic carbocycles. The molecule has 0 saturated carbocycles. The number of carbonyl (C=O) groups excluding carboxylic acids is 1. The molecule has 1 aliphatic heterocycles. The summed E-state index contributed by atoms with van der Waals surface area (Å²) in [6.45, 7) is 6.38. The van der Waals surface area contributed by atoms with Crippen LogP contribution in [0, 0.1) is 6.92 Å². The van der Waals surface area contributed by atoms with Gasteiger partial charge in [0.05, 0.1) is 6.20 Å². The SMILES string of the molecule is CCn1cc(-c2ccc(N3CCc4cccc(C(=O)NC)c4C3)nc2C)nn1. The van der Waals surface area contributed by atoms with E-state index in [0.717, 1.165) is 53.4 Å². The normalized spacial score (nSPS) is 13.3. The topological polar surface area (TPSA) is 75.9 Å². The number of benzene rings is 1. The van der Waals surface area contributed by atoms with Crippen LogP contribution in [-0.4, -0.2) is 39.5 Å². The van der Waals surface area contributed by atoms with Crippen LogP contribution in [0.4, 0.5) is 5.82 Å². The van der Waals surface area contributed by atoms with Gasteiger partial charge in [-0.25, -0.2) is 4.98 Å². The Hall–Kier alpha value is -3.22. The number of hydrogen-bond acceptors (Lipinski definition) is 5. The molecule has 0 aliphatic carbocycles. The zero-order chi connectivity index (χ0) is 19.7. The van der Waals surface area contributed by atoms with Crippen molar-refractivity contribution in [1.29, 1.82) is 0 Å². The third kappa shape index (κ3) is 3.24. The Balaban J connectivity index is 1.63. The van der Waals surface area contributed by atoms with Crippen LogP contribution in [0.2, 0.25) is 0 Å². The van der Waals surface area contributed by atoms with Crippen LogP contribution in [0.3, 0.4) is 0 Å². The highest BCUT2D eigenvalue weighted by molar-refractivity contribution is 5.96. The molecule has 2 aromatic heterocycles. The quantitative estimate of drug-likeness (QED) is 0.757. The molecule has 0 saturated heterocycles. The zero-order valence-electron chi connectivity index (χ0n) is 16.4. The summed E-state index contributed by atoms with van der Waals surface area (Å²) in [6, 6.07) is 10.0. The Bertz CT molecular complexity index is 1030. The fourth-order valence-corrected chi connectivity index (χ4v) is 3.69. The molecular weight excluding hydrogens is 352 g/mol. The zero-order valence-corrected chi connectivity index (χ0v) is 16.4. The molecule has 144 valence electrons. The first-order chi connectivity index (χ1) is 13.6. The average Bonchev–Trinajstić information content (AvgIpc) is 3.21. The van der Waals surface area contributed by atoms with Gasteiger partial charge in [-0.15, -0.1) is 5.10 Å². The maximum absolute atomic E-state index is 12.3. The van der Waals surface area contributed by atoms with Crippen LogP contribution < -0.4 is 10.2 Å². The second-order valence-corrected chi connectivity index (χ2v) is 6.96. The number of hydrogen-bond donors (Lipinski definition) is 1. The maximum atomic E-state index is 12.3. The van der Waals surface area contributed by atoms with Crippen LogP contribution in [0.25, 0.3) is 11.3 Å². The number of carbonyl (C=O) groups is 1. The summed E-state index contributed by atoms with van der Waals surface area (Å²) >= 11 is 0. The molecule has 7 nitrogen and oxygen atoms in total. The van der Waals surface area contributed by atoms with Gasteiger partial charge in [-0.3, -0.25) is 9.48 Å². The second kappa shape index (κ2) is 7.42. The van der Waals surface area contributed by atoms with Crippen molar-refractivity contribution in [2.45, 2.75) is 33.4 Å². The highest BCUT2D eigenvalue weighted by atomic mass is 16.1. The third-order valence-corrected chi connectivity index (χ3v) is 5.28. The number of aromatic nitrogens is 4. The molecule has 3 heterocycles. The minimum atomic E-state index is -0.0443. The summed E-state index contributed by atoms with van der Waals surface area (Å²) in [5.41, 5.74) is 5.82. The number of pyridine rings is 1. The molecular formula is C21H24N6O. The third-order valence-electron chi connectivity index (χ3n) is 5.28. The number of rotatable bonds is 4. The van der Waals surface area contributed by atoms with Gasteiger partial charge >= 0.3 is 0 Å². The van der Waals surface area contributed by atoms with Crippen LogP contribution in [0.1, 0.15) is 34.1 Å². The molecule has 0 fully saturated rings. The lowest BCUT2D eigenvalue weighted by molar-refractivity contribution is 0.0962. The minimum absolute atomic E-state index is 0.0443. The van der Waals surface area contributed by atoms with Gasteiger partial charge in [0, 0.05) is 43.5 Å². The summed E-state index contributed by atoms with van der Waals surface area (Å²) < 4.78 is 1.81. The summed E-state index contributed by atoms with van der Waals surface area (Å²) in [7, 11) is 1.67. The molecule has 0 radical (unpaired) electrons. The fourth-order valence-electron chi connectivity index (χ4n) is 3.69. The molecule has 1 N–H and O–H groups in total. The van der Waals surface area contributed by atoms with E-state index >= 15 is 0 Å². The average molecular weight is 376 g/mol. The van der Waals surface area contributed by atoms with E-state index < -0.39 is 0 Å². The highest BCUT2D eigenvalue weighted by Crippen LogP contribution is 2.28. The number of anilines is 1. The molecule has 0 atom stereocenters. The predicted octanol–water partition coefficient (Wildman–Crippen LogP) is 2.59. The van der Waals surface area contributed by atoms with Gasteiger partial charge in [0.1, 0.15) is 11.5 Å². The van der Waals surface area contributed by atoms with Gasteiger partial charge in [-0.2, -0.15) is 0 Å². The minimum Gasteiger partial charge on any atom is -0.355 e. The van der Waals surface area contributed by atoms with Crippen LogP contribution in [0.5, 0.6) is 0 Å². The molecule has 0 spiro atoms. The van der Waals surface area contributed by atoms with Gasteiger partial charge in [-0.05, 0) is 49.6 Å². The monoisotopic (exact) mass is 376 g/mol. The van der Waals surface area contributed by atoms with Crippen LogP contribution in [0.15, 0.2) is 36.5 Å². The predicted molar refractivity (Wildman–Crippen MR) is 108 cm³/mol. The van der Waals surface area contributed by atoms with Crippen molar-refractivity contribution in [1.82, 2.24) is 25.3 Å². The summed E-state index contributed by atoms with van der Waals surface area (Å²) in [5.74, 6) is 0.874. The van der Waals surface area contributed by atoms with E-state index in [1.54, 1.807) is 7.05 Å². The second-order valence-electron chi connectivity index (χ2n) is 6.96. The molecule has 0 bridgehead atoms. The van der Waals surface area contributed by atoms with Crippen LogP contribution >= 0.6 is 0 Å². The lowest BCUT2D eigenvalue weighted by Crippen LogP contribution is -2.33. The Morgan fingerprint density at radius 3 is 2.82 bits per heavy atom. The largest absolute Gasteiger partial charge is 0.355 e. The first kappa shape index (κ1) is 18.2. The maximum Gasteiger partial charge on any atom is 0.251 e. The lowest BCUT2D eigenvalue weighted by atomic mass is 9.94. The van der Waals surface area contributed by atoms with E-state index in [1.165, 1.54) is 5.56 Å². The molecule has 1 aliphatic rings. The Kier molecular flexibility index (Phi) is 4.81. The standard InChI is InChI=1S/C21H24N6O/c1-4-27-13-19(24-25-27)16-8-9-20(23-14(16)2)26-11-10-15-6-5-7-17(18(15)12-26)21(28)22-3/h5-9,13H,4,10-12H2,1-3H3,(H,22,28). The van der Waals surface area contributed by atoms with Gasteiger partial charge in [0.2, 0.25) is 0 Å². The van der Waals surface area contributed by atoms with Crippen molar-refractivity contribution >= 4 is 11.7 Å². The Labute approximate surface area is 164 Å². The van der Waals surface area contributed by atoms with Gasteiger partial charge < -0.3 is 10.2 Å². The van der Waals surface area contributed by atoms with Crippen molar-refractivity contribution in [3.05, 3.63) is 58.9 Å². The smallest absolute Gasteiger partial charge is 0.251 e. The van der Waals surface area contributed by atoms with Crippen molar-refractivity contribution < 1.29 is 4.79 Å². The van der Waals surface area contributed by atoms with Gasteiger partial charge in [0.15, 0.2) is 0 Å².